The zero-order valence-corrected chi connectivity index (χ0v) is 12.0. The molecular formula is C16H13FN2O4. The molecule has 0 aliphatic carbocycles. The van der Waals surface area contributed by atoms with Crippen LogP contribution in [0, 0.1) is 5.82 Å². The number of benzene rings is 2. The summed E-state index contributed by atoms with van der Waals surface area (Å²) in [6.07, 6.45) is 0. The van der Waals surface area contributed by atoms with E-state index in [4.69, 9.17) is 9.47 Å². The number of ether oxygens (including phenoxy) is 2. The van der Waals surface area contributed by atoms with Gasteiger partial charge in [-0.05, 0) is 36.4 Å². The lowest BCUT2D eigenvalue weighted by Gasteiger charge is -2.07. The van der Waals surface area contributed by atoms with E-state index < -0.39 is 17.6 Å². The lowest BCUT2D eigenvalue weighted by molar-refractivity contribution is -0.115. The summed E-state index contributed by atoms with van der Waals surface area (Å²) >= 11 is 0. The maximum Gasteiger partial charge on any atom is 0.251 e. The highest BCUT2D eigenvalue weighted by atomic mass is 19.1. The lowest BCUT2D eigenvalue weighted by Crippen LogP contribution is -2.32. The number of nitrogens with one attached hydrogen (secondary N) is 2. The first-order valence-corrected chi connectivity index (χ1v) is 6.85. The van der Waals surface area contributed by atoms with Gasteiger partial charge in [0, 0.05) is 11.3 Å². The second-order valence-corrected chi connectivity index (χ2v) is 4.81. The SMILES string of the molecule is O=C(CNC(=O)c1ccc2c(c1)OCO2)Nc1cccc(F)c1. The zero-order chi connectivity index (χ0) is 16.2. The van der Waals surface area contributed by atoms with Crippen molar-refractivity contribution >= 4 is 17.5 Å². The fourth-order valence-electron chi connectivity index (χ4n) is 2.07. The second-order valence-electron chi connectivity index (χ2n) is 4.81. The van der Waals surface area contributed by atoms with Crippen LogP contribution in [-0.4, -0.2) is 25.2 Å². The molecule has 2 aromatic carbocycles. The van der Waals surface area contributed by atoms with Crippen LogP contribution >= 0.6 is 0 Å². The summed E-state index contributed by atoms with van der Waals surface area (Å²) in [6, 6.07) is 10.3. The highest BCUT2D eigenvalue weighted by molar-refractivity contribution is 5.99. The van der Waals surface area contributed by atoms with Crippen molar-refractivity contribution in [3.8, 4) is 11.5 Å². The van der Waals surface area contributed by atoms with Crippen molar-refractivity contribution in [2.45, 2.75) is 0 Å². The number of carbonyl (C=O) groups excluding carboxylic acids is 2. The molecule has 1 heterocycles. The van der Waals surface area contributed by atoms with Gasteiger partial charge in [0.1, 0.15) is 5.82 Å². The Bertz CT molecular complexity index is 763. The van der Waals surface area contributed by atoms with E-state index in [1.165, 1.54) is 18.2 Å². The number of hydrogen-bond donors (Lipinski definition) is 2. The van der Waals surface area contributed by atoms with Gasteiger partial charge in [-0.25, -0.2) is 4.39 Å². The van der Waals surface area contributed by atoms with Crippen molar-refractivity contribution in [2.75, 3.05) is 18.7 Å². The van der Waals surface area contributed by atoms with E-state index >= 15 is 0 Å². The molecule has 2 N–H and O–H groups in total. The van der Waals surface area contributed by atoms with Gasteiger partial charge in [-0.15, -0.1) is 0 Å². The van der Waals surface area contributed by atoms with Gasteiger partial charge in [0.15, 0.2) is 11.5 Å². The summed E-state index contributed by atoms with van der Waals surface area (Å²) in [6.45, 7) is -0.111. The third kappa shape index (κ3) is 3.57. The molecule has 6 nitrogen and oxygen atoms in total. The molecule has 0 saturated carbocycles. The summed E-state index contributed by atoms with van der Waals surface area (Å²) in [5, 5.41) is 4.98. The molecule has 0 spiro atoms. The summed E-state index contributed by atoms with van der Waals surface area (Å²) in [4.78, 5) is 23.8. The van der Waals surface area contributed by atoms with Gasteiger partial charge in [0.05, 0.1) is 6.54 Å². The lowest BCUT2D eigenvalue weighted by atomic mass is 10.2. The molecule has 0 saturated heterocycles. The highest BCUT2D eigenvalue weighted by Gasteiger charge is 2.16. The number of hydrogen-bond acceptors (Lipinski definition) is 4. The summed E-state index contributed by atoms with van der Waals surface area (Å²) in [5.74, 6) is -0.262. The molecule has 0 aromatic heterocycles. The fraction of sp³-hybridized carbons (Fsp3) is 0.125. The summed E-state index contributed by atoms with van der Waals surface area (Å²) in [5.41, 5.74) is 0.681. The molecule has 0 bridgehead atoms. The molecule has 0 fully saturated rings. The van der Waals surface area contributed by atoms with Crippen LogP contribution in [0.3, 0.4) is 0 Å². The predicted molar refractivity (Wildman–Crippen MR) is 79.9 cm³/mol. The molecule has 1 aliphatic heterocycles. The van der Waals surface area contributed by atoms with Crippen molar-refractivity contribution in [1.29, 1.82) is 0 Å². The number of rotatable bonds is 4. The van der Waals surface area contributed by atoms with E-state index in [0.29, 0.717) is 22.7 Å². The van der Waals surface area contributed by atoms with Gasteiger partial charge in [0.2, 0.25) is 12.7 Å². The van der Waals surface area contributed by atoms with Gasteiger partial charge in [-0.2, -0.15) is 0 Å². The first kappa shape index (κ1) is 14.8. The van der Waals surface area contributed by atoms with Crippen LogP contribution in [0.5, 0.6) is 11.5 Å². The number of anilines is 1. The molecular weight excluding hydrogens is 303 g/mol. The van der Waals surface area contributed by atoms with Gasteiger partial charge in [0.25, 0.3) is 5.91 Å². The van der Waals surface area contributed by atoms with Crippen LogP contribution in [0.25, 0.3) is 0 Å². The van der Waals surface area contributed by atoms with Crippen molar-refractivity contribution in [2.24, 2.45) is 0 Å². The Labute approximate surface area is 131 Å². The topological polar surface area (TPSA) is 76.7 Å². The third-order valence-corrected chi connectivity index (χ3v) is 3.15. The van der Waals surface area contributed by atoms with Crippen molar-refractivity contribution < 1.29 is 23.5 Å². The third-order valence-electron chi connectivity index (χ3n) is 3.15. The average molecular weight is 316 g/mol. The van der Waals surface area contributed by atoms with Crippen LogP contribution in [0.1, 0.15) is 10.4 Å². The Kier molecular flexibility index (Phi) is 4.09. The van der Waals surface area contributed by atoms with Crippen LogP contribution in [0.4, 0.5) is 10.1 Å². The van der Waals surface area contributed by atoms with Crippen LogP contribution < -0.4 is 20.1 Å². The van der Waals surface area contributed by atoms with E-state index in [2.05, 4.69) is 10.6 Å². The minimum absolute atomic E-state index is 0.121. The monoisotopic (exact) mass is 316 g/mol. The minimum atomic E-state index is -0.454. The molecule has 3 rings (SSSR count). The minimum Gasteiger partial charge on any atom is -0.454 e. The van der Waals surface area contributed by atoms with Gasteiger partial charge >= 0.3 is 0 Å². The van der Waals surface area contributed by atoms with Gasteiger partial charge in [-0.3, -0.25) is 9.59 Å². The Morgan fingerprint density at radius 2 is 1.91 bits per heavy atom. The van der Waals surface area contributed by atoms with E-state index in [1.807, 2.05) is 0 Å². The molecule has 23 heavy (non-hydrogen) atoms. The van der Waals surface area contributed by atoms with Crippen molar-refractivity contribution in [1.82, 2.24) is 5.32 Å². The Morgan fingerprint density at radius 1 is 1.09 bits per heavy atom. The predicted octanol–water partition coefficient (Wildman–Crippen LogP) is 1.92. The maximum atomic E-state index is 13.0. The molecule has 118 valence electrons. The number of halogens is 1. The standard InChI is InChI=1S/C16H13FN2O4/c17-11-2-1-3-12(7-11)19-15(20)8-18-16(21)10-4-5-13-14(6-10)23-9-22-13/h1-7H,8-9H2,(H,18,21)(H,19,20). The molecule has 1 aliphatic rings. The molecule has 7 heteroatoms. The van der Waals surface area contributed by atoms with Crippen LogP contribution in [0.2, 0.25) is 0 Å². The summed E-state index contributed by atoms with van der Waals surface area (Å²) in [7, 11) is 0. The largest absolute Gasteiger partial charge is 0.454 e. The number of fused-ring (bicyclic) bond motifs is 1. The Morgan fingerprint density at radius 3 is 2.74 bits per heavy atom. The quantitative estimate of drug-likeness (QED) is 0.903. The van der Waals surface area contributed by atoms with E-state index in [1.54, 1.807) is 24.3 Å². The number of amides is 2. The molecule has 2 amide bonds. The molecule has 0 unspecified atom stereocenters. The number of carbonyl (C=O) groups is 2. The van der Waals surface area contributed by atoms with E-state index in [9.17, 15) is 14.0 Å². The molecule has 0 radical (unpaired) electrons. The Balaban J connectivity index is 1.55. The van der Waals surface area contributed by atoms with Gasteiger partial charge in [-0.1, -0.05) is 6.07 Å². The average Bonchev–Trinajstić information content (AvgIpc) is 3.00. The van der Waals surface area contributed by atoms with E-state index in [0.717, 1.165) is 0 Å². The first-order chi connectivity index (χ1) is 11.1. The summed E-state index contributed by atoms with van der Waals surface area (Å²) < 4.78 is 23.4. The maximum absolute atomic E-state index is 13.0. The second kappa shape index (κ2) is 6.35. The van der Waals surface area contributed by atoms with Crippen LogP contribution in [0.15, 0.2) is 42.5 Å². The normalized spacial score (nSPS) is 11.9. The van der Waals surface area contributed by atoms with Gasteiger partial charge < -0.3 is 20.1 Å². The fourth-order valence-corrected chi connectivity index (χ4v) is 2.07. The van der Waals surface area contributed by atoms with Crippen molar-refractivity contribution in [3.05, 3.63) is 53.8 Å². The van der Waals surface area contributed by atoms with E-state index in [-0.39, 0.29) is 13.3 Å². The molecule has 0 atom stereocenters. The van der Waals surface area contributed by atoms with Crippen LogP contribution in [-0.2, 0) is 4.79 Å². The smallest absolute Gasteiger partial charge is 0.251 e. The Hall–Kier alpha value is -3.09. The first-order valence-electron chi connectivity index (χ1n) is 6.85. The molecule has 2 aromatic rings. The zero-order valence-electron chi connectivity index (χ0n) is 12.0. The highest BCUT2D eigenvalue weighted by Crippen LogP contribution is 2.32. The van der Waals surface area contributed by atoms with Crippen molar-refractivity contribution in [3.63, 3.8) is 0 Å².